The molecule has 2 amide bonds. The first-order valence-electron chi connectivity index (χ1n) is 10.0. The van der Waals surface area contributed by atoms with Gasteiger partial charge < -0.3 is 14.4 Å². The third-order valence-corrected chi connectivity index (χ3v) is 4.46. The maximum Gasteiger partial charge on any atom is 0.412 e. The highest BCUT2D eigenvalue weighted by Gasteiger charge is 2.32. The summed E-state index contributed by atoms with van der Waals surface area (Å²) >= 11 is 3.33. The van der Waals surface area contributed by atoms with E-state index < -0.39 is 29.7 Å². The summed E-state index contributed by atoms with van der Waals surface area (Å²) in [5.41, 5.74) is -0.102. The number of hydrogen-bond donors (Lipinski definition) is 1. The minimum Gasteiger partial charge on any atom is -0.459 e. The monoisotopic (exact) mass is 484 g/mol. The summed E-state index contributed by atoms with van der Waals surface area (Å²) in [6.07, 6.45) is -1.40. The van der Waals surface area contributed by atoms with Crippen molar-refractivity contribution in [3.05, 3.63) is 28.7 Å². The molecule has 1 rings (SSSR count). The van der Waals surface area contributed by atoms with Crippen LogP contribution in [0, 0.1) is 5.92 Å². The van der Waals surface area contributed by atoms with Crippen molar-refractivity contribution < 1.29 is 23.9 Å². The number of anilines is 1. The van der Waals surface area contributed by atoms with Crippen LogP contribution in [0.4, 0.5) is 10.5 Å². The van der Waals surface area contributed by atoms with Crippen molar-refractivity contribution in [1.82, 2.24) is 4.90 Å². The van der Waals surface area contributed by atoms with Crippen LogP contribution in [0.25, 0.3) is 0 Å². The van der Waals surface area contributed by atoms with Crippen molar-refractivity contribution in [2.45, 2.75) is 72.6 Å². The van der Waals surface area contributed by atoms with Crippen LogP contribution in [0.5, 0.6) is 0 Å². The molecule has 30 heavy (non-hydrogen) atoms. The van der Waals surface area contributed by atoms with E-state index in [2.05, 4.69) is 21.2 Å². The highest BCUT2D eigenvalue weighted by molar-refractivity contribution is 9.10. The minimum atomic E-state index is -1.01. The summed E-state index contributed by atoms with van der Waals surface area (Å²) < 4.78 is 11.7. The van der Waals surface area contributed by atoms with E-state index in [-0.39, 0.29) is 18.5 Å². The Labute approximate surface area is 187 Å². The van der Waals surface area contributed by atoms with Crippen molar-refractivity contribution in [3.63, 3.8) is 0 Å². The molecular formula is C22H33BrN2O5. The second-order valence-corrected chi connectivity index (χ2v) is 9.72. The van der Waals surface area contributed by atoms with Gasteiger partial charge in [-0.3, -0.25) is 14.9 Å². The summed E-state index contributed by atoms with van der Waals surface area (Å²) in [5, 5.41) is 2.62. The second-order valence-electron chi connectivity index (χ2n) is 8.80. The average Bonchev–Trinajstić information content (AvgIpc) is 2.58. The SMILES string of the molecule is CC(C)C[C@H](OC(=O)Nc1ccc(Br)cc1)C(=O)N(CC(=O)OC(C)(C)C)C(C)C. The third kappa shape index (κ3) is 9.61. The molecule has 0 unspecified atom stereocenters. The van der Waals surface area contributed by atoms with E-state index in [0.29, 0.717) is 12.1 Å². The fourth-order valence-electron chi connectivity index (χ4n) is 2.65. The van der Waals surface area contributed by atoms with Gasteiger partial charge in [-0.1, -0.05) is 29.8 Å². The quantitative estimate of drug-likeness (QED) is 0.525. The van der Waals surface area contributed by atoms with Crippen LogP contribution >= 0.6 is 15.9 Å². The van der Waals surface area contributed by atoms with E-state index in [1.165, 1.54) is 4.90 Å². The summed E-state index contributed by atoms with van der Waals surface area (Å²) in [7, 11) is 0. The molecule has 1 atom stereocenters. The topological polar surface area (TPSA) is 84.9 Å². The number of esters is 1. The van der Waals surface area contributed by atoms with Crippen molar-refractivity contribution in [2.75, 3.05) is 11.9 Å². The first-order chi connectivity index (χ1) is 13.8. The van der Waals surface area contributed by atoms with E-state index in [1.54, 1.807) is 58.9 Å². The summed E-state index contributed by atoms with van der Waals surface area (Å²) in [5.74, 6) is -0.822. The maximum atomic E-state index is 13.2. The first-order valence-corrected chi connectivity index (χ1v) is 10.8. The van der Waals surface area contributed by atoms with Crippen molar-refractivity contribution in [1.29, 1.82) is 0 Å². The number of benzene rings is 1. The molecule has 0 spiro atoms. The number of hydrogen-bond acceptors (Lipinski definition) is 5. The molecule has 0 heterocycles. The zero-order valence-electron chi connectivity index (χ0n) is 18.8. The Kier molecular flexibility index (Phi) is 9.81. The smallest absolute Gasteiger partial charge is 0.412 e. The highest BCUT2D eigenvalue weighted by Crippen LogP contribution is 2.18. The van der Waals surface area contributed by atoms with Crippen LogP contribution in [-0.2, 0) is 19.1 Å². The number of amides is 2. The van der Waals surface area contributed by atoms with Gasteiger partial charge >= 0.3 is 12.1 Å². The molecule has 1 aromatic carbocycles. The number of rotatable bonds is 8. The van der Waals surface area contributed by atoms with Gasteiger partial charge in [-0.25, -0.2) is 4.79 Å². The Bertz CT molecular complexity index is 726. The molecule has 0 aliphatic heterocycles. The summed E-state index contributed by atoms with van der Waals surface area (Å²) in [6, 6.07) is 6.74. The number of nitrogens with one attached hydrogen (secondary N) is 1. The van der Waals surface area contributed by atoms with Gasteiger partial charge in [-0.05, 0) is 71.2 Å². The maximum absolute atomic E-state index is 13.2. The predicted molar refractivity (Wildman–Crippen MR) is 120 cm³/mol. The van der Waals surface area contributed by atoms with Crippen LogP contribution in [0.1, 0.15) is 54.9 Å². The molecule has 0 aliphatic carbocycles. The standard InChI is InChI=1S/C22H33BrN2O5/c1-14(2)12-18(29-21(28)24-17-10-8-16(23)9-11-17)20(27)25(15(3)4)13-19(26)30-22(5,6)7/h8-11,14-15,18H,12-13H2,1-7H3,(H,24,28)/t18-/m0/s1. The van der Waals surface area contributed by atoms with Crippen LogP contribution in [-0.4, -0.2) is 47.2 Å². The normalized spacial score (nSPS) is 12.5. The second kappa shape index (κ2) is 11.3. The average molecular weight is 485 g/mol. The molecule has 0 fully saturated rings. The van der Waals surface area contributed by atoms with E-state index in [1.807, 2.05) is 13.8 Å². The lowest BCUT2D eigenvalue weighted by Gasteiger charge is -2.31. The molecule has 0 aromatic heterocycles. The zero-order chi connectivity index (χ0) is 23.1. The predicted octanol–water partition coefficient (Wildman–Crippen LogP) is 4.99. The molecule has 168 valence electrons. The molecule has 1 aromatic rings. The van der Waals surface area contributed by atoms with Crippen molar-refractivity contribution >= 4 is 39.6 Å². The first kappa shape index (κ1) is 25.9. The largest absolute Gasteiger partial charge is 0.459 e. The molecule has 8 heteroatoms. The fourth-order valence-corrected chi connectivity index (χ4v) is 2.91. The molecule has 0 saturated heterocycles. The lowest BCUT2D eigenvalue weighted by atomic mass is 10.0. The number of ether oxygens (including phenoxy) is 2. The van der Waals surface area contributed by atoms with Gasteiger partial charge in [-0.2, -0.15) is 0 Å². The van der Waals surface area contributed by atoms with Gasteiger partial charge in [0.05, 0.1) is 0 Å². The molecule has 0 radical (unpaired) electrons. The minimum absolute atomic E-state index is 0.106. The highest BCUT2D eigenvalue weighted by atomic mass is 79.9. The Morgan fingerprint density at radius 2 is 1.63 bits per heavy atom. The van der Waals surface area contributed by atoms with Gasteiger partial charge in [0.1, 0.15) is 12.1 Å². The van der Waals surface area contributed by atoms with E-state index in [4.69, 9.17) is 9.47 Å². The van der Waals surface area contributed by atoms with E-state index in [0.717, 1.165) is 4.47 Å². The molecular weight excluding hydrogens is 452 g/mol. The van der Waals surface area contributed by atoms with E-state index >= 15 is 0 Å². The lowest BCUT2D eigenvalue weighted by Crippen LogP contribution is -2.48. The Morgan fingerprint density at radius 3 is 2.10 bits per heavy atom. The fraction of sp³-hybridized carbons (Fsp3) is 0.591. The summed E-state index contributed by atoms with van der Waals surface area (Å²) in [4.78, 5) is 39.2. The van der Waals surface area contributed by atoms with Crippen LogP contribution in [0.2, 0.25) is 0 Å². The zero-order valence-corrected chi connectivity index (χ0v) is 20.4. The van der Waals surface area contributed by atoms with Gasteiger partial charge in [-0.15, -0.1) is 0 Å². The van der Waals surface area contributed by atoms with Crippen LogP contribution in [0.15, 0.2) is 28.7 Å². The molecule has 7 nitrogen and oxygen atoms in total. The van der Waals surface area contributed by atoms with Crippen LogP contribution < -0.4 is 5.32 Å². The molecule has 1 N–H and O–H groups in total. The van der Waals surface area contributed by atoms with Crippen molar-refractivity contribution in [2.24, 2.45) is 5.92 Å². The Balaban J connectivity index is 2.91. The van der Waals surface area contributed by atoms with Crippen molar-refractivity contribution in [3.8, 4) is 0 Å². The molecule has 0 aliphatic rings. The number of nitrogens with zero attached hydrogens (tertiary/aromatic N) is 1. The molecule has 0 bridgehead atoms. The number of halogens is 1. The number of carbonyl (C=O) groups is 3. The Morgan fingerprint density at radius 1 is 1.07 bits per heavy atom. The third-order valence-electron chi connectivity index (χ3n) is 3.93. The number of carbonyl (C=O) groups excluding carboxylic acids is 3. The van der Waals surface area contributed by atoms with Gasteiger partial charge in [0.15, 0.2) is 6.10 Å². The summed E-state index contributed by atoms with van der Waals surface area (Å²) in [6.45, 7) is 12.6. The van der Waals surface area contributed by atoms with Gasteiger partial charge in [0, 0.05) is 16.2 Å². The van der Waals surface area contributed by atoms with Gasteiger partial charge in [0.25, 0.3) is 5.91 Å². The van der Waals surface area contributed by atoms with E-state index in [9.17, 15) is 14.4 Å². The van der Waals surface area contributed by atoms with Crippen LogP contribution in [0.3, 0.4) is 0 Å². The van der Waals surface area contributed by atoms with Gasteiger partial charge in [0.2, 0.25) is 0 Å². The molecule has 0 saturated carbocycles. The Hall–Kier alpha value is -2.09. The lowest BCUT2D eigenvalue weighted by molar-refractivity contribution is -0.161.